The average Bonchev–Trinajstić information content (AvgIpc) is 2.86. The van der Waals surface area contributed by atoms with Gasteiger partial charge >= 0.3 is 0 Å². The molecule has 1 aromatic carbocycles. The third-order valence-corrected chi connectivity index (χ3v) is 3.12. The highest BCUT2D eigenvalue weighted by Gasteiger charge is 2.18. The lowest BCUT2D eigenvalue weighted by Crippen LogP contribution is -2.34. The lowest BCUT2D eigenvalue weighted by molar-refractivity contribution is -0.122. The SMILES string of the molecule is CCNCCNC(=O)C(C)c1cc2ccccc2o1. The lowest BCUT2D eigenvalue weighted by Gasteiger charge is -2.09. The molecule has 0 fully saturated rings. The summed E-state index contributed by atoms with van der Waals surface area (Å²) in [7, 11) is 0. The Morgan fingerprint density at radius 3 is 2.84 bits per heavy atom. The number of furan rings is 1. The maximum absolute atomic E-state index is 12.0. The second-order valence-corrected chi connectivity index (χ2v) is 4.55. The molecule has 1 unspecified atom stereocenters. The fourth-order valence-corrected chi connectivity index (χ4v) is 1.95. The van der Waals surface area contributed by atoms with Crippen LogP contribution < -0.4 is 10.6 Å². The van der Waals surface area contributed by atoms with E-state index in [-0.39, 0.29) is 11.8 Å². The van der Waals surface area contributed by atoms with E-state index in [9.17, 15) is 4.79 Å². The number of carbonyl (C=O) groups excluding carboxylic acids is 1. The molecule has 0 aliphatic rings. The minimum Gasteiger partial charge on any atom is -0.460 e. The van der Waals surface area contributed by atoms with Crippen LogP contribution in [0.4, 0.5) is 0 Å². The Bertz CT molecular complexity index is 515. The second-order valence-electron chi connectivity index (χ2n) is 4.55. The summed E-state index contributed by atoms with van der Waals surface area (Å²) in [6.45, 7) is 6.24. The van der Waals surface area contributed by atoms with E-state index in [2.05, 4.69) is 10.6 Å². The predicted octanol–water partition coefficient (Wildman–Crippen LogP) is 2.26. The molecule has 2 rings (SSSR count). The molecular formula is C15H20N2O2. The van der Waals surface area contributed by atoms with E-state index in [1.54, 1.807) is 0 Å². The van der Waals surface area contributed by atoms with Crippen LogP contribution in [0.15, 0.2) is 34.7 Å². The molecule has 102 valence electrons. The minimum absolute atomic E-state index is 0.00282. The van der Waals surface area contributed by atoms with E-state index in [0.29, 0.717) is 12.3 Å². The number of fused-ring (bicyclic) bond motifs is 1. The van der Waals surface area contributed by atoms with Crippen LogP contribution in [0.1, 0.15) is 25.5 Å². The van der Waals surface area contributed by atoms with Crippen molar-refractivity contribution in [2.45, 2.75) is 19.8 Å². The smallest absolute Gasteiger partial charge is 0.230 e. The monoisotopic (exact) mass is 260 g/mol. The van der Waals surface area contributed by atoms with E-state index < -0.39 is 0 Å². The summed E-state index contributed by atoms with van der Waals surface area (Å²) >= 11 is 0. The predicted molar refractivity (Wildman–Crippen MR) is 76.2 cm³/mol. The lowest BCUT2D eigenvalue weighted by atomic mass is 10.1. The van der Waals surface area contributed by atoms with Crippen molar-refractivity contribution in [1.29, 1.82) is 0 Å². The molecular weight excluding hydrogens is 240 g/mol. The first-order chi connectivity index (χ1) is 9.22. The Hall–Kier alpha value is -1.81. The second kappa shape index (κ2) is 6.38. The van der Waals surface area contributed by atoms with Crippen molar-refractivity contribution in [1.82, 2.24) is 10.6 Å². The maximum Gasteiger partial charge on any atom is 0.230 e. The molecule has 4 nitrogen and oxygen atoms in total. The van der Waals surface area contributed by atoms with E-state index in [4.69, 9.17) is 4.42 Å². The fourth-order valence-electron chi connectivity index (χ4n) is 1.95. The standard InChI is InChI=1S/C15H20N2O2/c1-3-16-8-9-17-15(18)11(2)14-10-12-6-4-5-7-13(12)19-14/h4-7,10-11,16H,3,8-9H2,1-2H3,(H,17,18). The number of hydrogen-bond acceptors (Lipinski definition) is 3. The molecule has 0 saturated heterocycles. The quantitative estimate of drug-likeness (QED) is 0.783. The zero-order chi connectivity index (χ0) is 13.7. The molecule has 2 N–H and O–H groups in total. The van der Waals surface area contributed by atoms with Gasteiger partial charge in [0.2, 0.25) is 5.91 Å². The van der Waals surface area contributed by atoms with Crippen molar-refractivity contribution in [2.24, 2.45) is 0 Å². The van der Waals surface area contributed by atoms with Gasteiger partial charge in [-0.15, -0.1) is 0 Å². The van der Waals surface area contributed by atoms with Crippen LogP contribution in [0, 0.1) is 0 Å². The summed E-state index contributed by atoms with van der Waals surface area (Å²) in [6.07, 6.45) is 0. The molecule has 0 saturated carbocycles. The molecule has 1 atom stereocenters. The highest BCUT2D eigenvalue weighted by atomic mass is 16.3. The third-order valence-electron chi connectivity index (χ3n) is 3.12. The van der Waals surface area contributed by atoms with E-state index >= 15 is 0 Å². The zero-order valence-corrected chi connectivity index (χ0v) is 11.4. The molecule has 2 aromatic rings. The highest BCUT2D eigenvalue weighted by molar-refractivity contribution is 5.85. The van der Waals surface area contributed by atoms with Gasteiger partial charge in [0.25, 0.3) is 0 Å². The van der Waals surface area contributed by atoms with E-state index in [0.717, 1.165) is 24.1 Å². The summed E-state index contributed by atoms with van der Waals surface area (Å²) in [5.74, 6) is 0.438. The maximum atomic E-state index is 12.0. The van der Waals surface area contributed by atoms with Gasteiger partial charge in [-0.1, -0.05) is 25.1 Å². The van der Waals surface area contributed by atoms with Crippen LogP contribution in [0.3, 0.4) is 0 Å². The molecule has 19 heavy (non-hydrogen) atoms. The normalized spacial score (nSPS) is 12.5. The Morgan fingerprint density at radius 1 is 1.32 bits per heavy atom. The van der Waals surface area contributed by atoms with Crippen molar-refractivity contribution < 1.29 is 9.21 Å². The van der Waals surface area contributed by atoms with Gasteiger partial charge in [0.15, 0.2) is 0 Å². The number of hydrogen-bond donors (Lipinski definition) is 2. The first kappa shape index (κ1) is 13.6. The first-order valence-corrected chi connectivity index (χ1v) is 6.69. The van der Waals surface area contributed by atoms with Crippen LogP contribution in [-0.2, 0) is 4.79 Å². The van der Waals surface area contributed by atoms with Gasteiger partial charge in [-0.05, 0) is 25.6 Å². The molecule has 0 radical (unpaired) electrons. The van der Waals surface area contributed by atoms with E-state index in [1.165, 1.54) is 0 Å². The van der Waals surface area contributed by atoms with Crippen molar-refractivity contribution in [3.05, 3.63) is 36.1 Å². The van der Waals surface area contributed by atoms with Gasteiger partial charge in [0.1, 0.15) is 11.3 Å². The first-order valence-electron chi connectivity index (χ1n) is 6.69. The molecule has 1 aromatic heterocycles. The molecule has 0 bridgehead atoms. The number of benzene rings is 1. The molecule has 0 aliphatic heterocycles. The summed E-state index contributed by atoms with van der Waals surface area (Å²) < 4.78 is 5.70. The van der Waals surface area contributed by atoms with Gasteiger partial charge in [-0.2, -0.15) is 0 Å². The summed E-state index contributed by atoms with van der Waals surface area (Å²) in [5, 5.41) is 7.10. The largest absolute Gasteiger partial charge is 0.460 e. The minimum atomic E-state index is -0.269. The van der Waals surface area contributed by atoms with Crippen molar-refractivity contribution in [3.8, 4) is 0 Å². The van der Waals surface area contributed by atoms with Crippen molar-refractivity contribution in [3.63, 3.8) is 0 Å². The number of rotatable bonds is 6. The number of nitrogens with one attached hydrogen (secondary N) is 2. The van der Waals surface area contributed by atoms with Crippen LogP contribution >= 0.6 is 0 Å². The molecule has 1 heterocycles. The van der Waals surface area contributed by atoms with Gasteiger partial charge in [-0.3, -0.25) is 4.79 Å². The molecule has 0 spiro atoms. The Labute approximate surface area is 113 Å². The van der Waals surface area contributed by atoms with Gasteiger partial charge < -0.3 is 15.1 Å². The Kier molecular flexibility index (Phi) is 4.58. The van der Waals surface area contributed by atoms with Crippen molar-refractivity contribution >= 4 is 16.9 Å². The van der Waals surface area contributed by atoms with Gasteiger partial charge in [-0.25, -0.2) is 0 Å². The fraction of sp³-hybridized carbons (Fsp3) is 0.400. The zero-order valence-electron chi connectivity index (χ0n) is 11.4. The summed E-state index contributed by atoms with van der Waals surface area (Å²) in [6, 6.07) is 9.72. The molecule has 4 heteroatoms. The number of amides is 1. The number of carbonyl (C=O) groups is 1. The summed E-state index contributed by atoms with van der Waals surface area (Å²) in [5.41, 5.74) is 0.824. The van der Waals surface area contributed by atoms with Gasteiger partial charge in [0.05, 0.1) is 5.92 Å². The Morgan fingerprint density at radius 2 is 2.11 bits per heavy atom. The van der Waals surface area contributed by atoms with Crippen LogP contribution in [0.25, 0.3) is 11.0 Å². The molecule has 1 amide bonds. The average molecular weight is 260 g/mol. The topological polar surface area (TPSA) is 54.3 Å². The van der Waals surface area contributed by atoms with Gasteiger partial charge in [0, 0.05) is 18.5 Å². The summed E-state index contributed by atoms with van der Waals surface area (Å²) in [4.78, 5) is 12.0. The van der Waals surface area contributed by atoms with E-state index in [1.807, 2.05) is 44.2 Å². The van der Waals surface area contributed by atoms with Crippen LogP contribution in [-0.4, -0.2) is 25.5 Å². The Balaban J connectivity index is 1.98. The van der Waals surface area contributed by atoms with Crippen LogP contribution in [0.2, 0.25) is 0 Å². The van der Waals surface area contributed by atoms with Crippen LogP contribution in [0.5, 0.6) is 0 Å². The highest BCUT2D eigenvalue weighted by Crippen LogP contribution is 2.24. The number of likely N-dealkylation sites (N-methyl/N-ethyl adjacent to an activating group) is 1. The van der Waals surface area contributed by atoms with Crippen molar-refractivity contribution in [2.75, 3.05) is 19.6 Å². The number of para-hydroxylation sites is 1. The third kappa shape index (κ3) is 3.35. The molecule has 0 aliphatic carbocycles.